The van der Waals surface area contributed by atoms with Crippen molar-refractivity contribution >= 4 is 5.65 Å². The van der Waals surface area contributed by atoms with Crippen LogP contribution in [0.25, 0.3) is 5.65 Å². The molecule has 2 aromatic heterocycles. The molecule has 2 aliphatic heterocycles. The van der Waals surface area contributed by atoms with Crippen LogP contribution >= 0.6 is 0 Å². The number of nitrogens with two attached hydrogens (primary N) is 1. The number of halogens is 3. The van der Waals surface area contributed by atoms with Crippen molar-refractivity contribution in [2.75, 3.05) is 6.61 Å². The molecule has 2 aliphatic rings. The van der Waals surface area contributed by atoms with Crippen LogP contribution < -0.4 is 5.73 Å². The van der Waals surface area contributed by atoms with Crippen LogP contribution in [0, 0.1) is 17.5 Å². The predicted octanol–water partition coefficient (Wildman–Crippen LogP) is 2.32. The van der Waals surface area contributed by atoms with Gasteiger partial charge in [0.1, 0.15) is 11.9 Å². The minimum atomic E-state index is -1.23. The summed E-state index contributed by atoms with van der Waals surface area (Å²) in [7, 11) is 0. The van der Waals surface area contributed by atoms with E-state index in [9.17, 15) is 13.2 Å². The molecule has 0 aliphatic carbocycles. The maximum Gasteiger partial charge on any atom is 0.161 e. The molecule has 4 heterocycles. The molecule has 5 rings (SSSR count). The molecule has 3 atom stereocenters. The summed E-state index contributed by atoms with van der Waals surface area (Å²) in [6.45, 7) is 1.66. The maximum absolute atomic E-state index is 14.1. The lowest BCUT2D eigenvalue weighted by atomic mass is 9.93. The second-order valence-corrected chi connectivity index (χ2v) is 7.31. The predicted molar refractivity (Wildman–Crippen MR) is 93.6 cm³/mol. The van der Waals surface area contributed by atoms with Crippen molar-refractivity contribution in [3.63, 3.8) is 0 Å². The molecule has 28 heavy (non-hydrogen) atoms. The summed E-state index contributed by atoms with van der Waals surface area (Å²) in [5.74, 6) is -3.19. The molecule has 2 N–H and O–H groups in total. The van der Waals surface area contributed by atoms with Crippen LogP contribution in [0.4, 0.5) is 13.2 Å². The second kappa shape index (κ2) is 6.54. The topological polar surface area (TPSA) is 68.7 Å². The van der Waals surface area contributed by atoms with Crippen LogP contribution in [0.3, 0.4) is 0 Å². The molecule has 146 valence electrons. The van der Waals surface area contributed by atoms with Crippen molar-refractivity contribution in [1.29, 1.82) is 0 Å². The lowest BCUT2D eigenvalue weighted by Crippen LogP contribution is -2.47. The molecule has 0 radical (unpaired) electrons. The van der Waals surface area contributed by atoms with E-state index in [1.807, 2.05) is 12.3 Å². The Morgan fingerprint density at radius 2 is 1.93 bits per heavy atom. The Balaban J connectivity index is 1.32. The molecule has 1 aromatic carbocycles. The minimum Gasteiger partial charge on any atom is -0.370 e. The van der Waals surface area contributed by atoms with Gasteiger partial charge in [-0.2, -0.15) is 5.10 Å². The van der Waals surface area contributed by atoms with Gasteiger partial charge < -0.3 is 10.5 Å². The highest BCUT2D eigenvalue weighted by molar-refractivity contribution is 5.51. The number of benzene rings is 1. The van der Waals surface area contributed by atoms with Gasteiger partial charge >= 0.3 is 0 Å². The third kappa shape index (κ3) is 2.78. The Labute approximate surface area is 158 Å². The second-order valence-electron chi connectivity index (χ2n) is 7.31. The van der Waals surface area contributed by atoms with Crippen LogP contribution in [0.1, 0.15) is 29.3 Å². The zero-order valence-corrected chi connectivity index (χ0v) is 14.9. The lowest BCUT2D eigenvalue weighted by Gasteiger charge is -2.38. The Kier molecular flexibility index (Phi) is 4.11. The molecular weight excluding hydrogens is 371 g/mol. The fraction of sp³-hybridized carbons (Fsp3) is 0.368. The standard InChI is InChI=1S/C19H18F3N5O/c20-13-6-15(22)14(21)5-11(13)18-16(23)4-10(9-28-18)26-7-12-17(8-26)25-27-3-1-2-24-19(12)27/h1-3,5-6,10,16,18H,4,7-9,23H2. The van der Waals surface area contributed by atoms with E-state index in [1.54, 1.807) is 10.7 Å². The van der Waals surface area contributed by atoms with Gasteiger partial charge in [-0.25, -0.2) is 22.7 Å². The van der Waals surface area contributed by atoms with E-state index in [-0.39, 0.29) is 11.6 Å². The normalized spacial score (nSPS) is 25.4. The largest absolute Gasteiger partial charge is 0.370 e. The number of rotatable bonds is 2. The average molecular weight is 389 g/mol. The lowest BCUT2D eigenvalue weighted by molar-refractivity contribution is -0.0533. The van der Waals surface area contributed by atoms with Crippen LogP contribution in [-0.4, -0.2) is 38.2 Å². The zero-order chi connectivity index (χ0) is 19.4. The van der Waals surface area contributed by atoms with E-state index in [2.05, 4.69) is 15.0 Å². The molecule has 1 fully saturated rings. The molecular formula is C19H18F3N5O. The SMILES string of the molecule is NC1CC(N2Cc3nn4cccnc4c3C2)COC1c1cc(F)c(F)cc1F. The molecule has 0 amide bonds. The third-order valence-electron chi connectivity index (χ3n) is 5.55. The van der Waals surface area contributed by atoms with Gasteiger partial charge in [-0.1, -0.05) is 0 Å². The van der Waals surface area contributed by atoms with Crippen LogP contribution in [0.2, 0.25) is 0 Å². The molecule has 0 saturated carbocycles. The monoisotopic (exact) mass is 389 g/mol. The Morgan fingerprint density at radius 1 is 1.11 bits per heavy atom. The quantitative estimate of drug-likeness (QED) is 0.682. The summed E-state index contributed by atoms with van der Waals surface area (Å²) >= 11 is 0. The Hall–Kier alpha value is -2.49. The molecule has 6 nitrogen and oxygen atoms in total. The van der Waals surface area contributed by atoms with E-state index in [4.69, 9.17) is 10.5 Å². The van der Waals surface area contributed by atoms with Crippen molar-refractivity contribution < 1.29 is 17.9 Å². The van der Waals surface area contributed by atoms with Crippen LogP contribution in [0.5, 0.6) is 0 Å². The van der Waals surface area contributed by atoms with Gasteiger partial charge in [-0.05, 0) is 18.6 Å². The van der Waals surface area contributed by atoms with E-state index < -0.39 is 29.6 Å². The van der Waals surface area contributed by atoms with E-state index in [0.717, 1.165) is 23.0 Å². The van der Waals surface area contributed by atoms with Crippen molar-refractivity contribution in [3.05, 3.63) is 64.9 Å². The van der Waals surface area contributed by atoms with Crippen molar-refractivity contribution in [3.8, 4) is 0 Å². The summed E-state index contributed by atoms with van der Waals surface area (Å²) in [4.78, 5) is 6.61. The molecule has 9 heteroatoms. The Morgan fingerprint density at radius 3 is 2.75 bits per heavy atom. The van der Waals surface area contributed by atoms with Gasteiger partial charge in [0.15, 0.2) is 17.3 Å². The number of ether oxygens (including phenoxy) is 1. The summed E-state index contributed by atoms with van der Waals surface area (Å²) in [5, 5.41) is 4.56. The molecule has 0 spiro atoms. The van der Waals surface area contributed by atoms with Crippen molar-refractivity contribution in [1.82, 2.24) is 19.5 Å². The zero-order valence-electron chi connectivity index (χ0n) is 14.9. The molecule has 3 aromatic rings. The van der Waals surface area contributed by atoms with E-state index >= 15 is 0 Å². The summed E-state index contributed by atoms with van der Waals surface area (Å²) in [6, 6.07) is 2.69. The molecule has 0 bridgehead atoms. The van der Waals surface area contributed by atoms with Gasteiger partial charge in [0, 0.05) is 54.8 Å². The van der Waals surface area contributed by atoms with Gasteiger partial charge in [-0.15, -0.1) is 0 Å². The third-order valence-corrected chi connectivity index (χ3v) is 5.55. The smallest absolute Gasteiger partial charge is 0.161 e. The number of fused-ring (bicyclic) bond motifs is 3. The van der Waals surface area contributed by atoms with Gasteiger partial charge in [0.25, 0.3) is 0 Å². The van der Waals surface area contributed by atoms with E-state index in [0.29, 0.717) is 32.2 Å². The minimum absolute atomic E-state index is 0.0255. The summed E-state index contributed by atoms with van der Waals surface area (Å²) in [5.41, 5.74) is 9.08. The van der Waals surface area contributed by atoms with Crippen LogP contribution in [0.15, 0.2) is 30.6 Å². The first-order valence-corrected chi connectivity index (χ1v) is 9.08. The number of hydrogen-bond donors (Lipinski definition) is 1. The van der Waals surface area contributed by atoms with Crippen molar-refractivity contribution in [2.24, 2.45) is 5.73 Å². The Bertz CT molecular complexity index is 1060. The highest BCUT2D eigenvalue weighted by atomic mass is 19.2. The van der Waals surface area contributed by atoms with Gasteiger partial charge in [0.05, 0.1) is 12.3 Å². The fourth-order valence-electron chi connectivity index (χ4n) is 4.15. The average Bonchev–Trinajstić information content (AvgIpc) is 3.23. The highest BCUT2D eigenvalue weighted by Gasteiger charge is 2.38. The van der Waals surface area contributed by atoms with Crippen molar-refractivity contribution in [2.45, 2.75) is 37.7 Å². The first-order valence-electron chi connectivity index (χ1n) is 9.08. The van der Waals surface area contributed by atoms with Gasteiger partial charge in [0.2, 0.25) is 0 Å². The molecule has 1 saturated heterocycles. The number of hydrogen-bond acceptors (Lipinski definition) is 5. The number of nitrogens with zero attached hydrogens (tertiary/aromatic N) is 4. The van der Waals surface area contributed by atoms with E-state index in [1.165, 1.54) is 0 Å². The highest BCUT2D eigenvalue weighted by Crippen LogP contribution is 2.35. The van der Waals surface area contributed by atoms with Gasteiger partial charge in [-0.3, -0.25) is 4.90 Å². The number of aromatic nitrogens is 3. The first kappa shape index (κ1) is 17.6. The summed E-state index contributed by atoms with van der Waals surface area (Å²) < 4.78 is 48.4. The molecule has 3 unspecified atom stereocenters. The maximum atomic E-state index is 14.1. The first-order chi connectivity index (χ1) is 13.5. The fourth-order valence-corrected chi connectivity index (χ4v) is 4.15. The summed E-state index contributed by atoms with van der Waals surface area (Å²) in [6.07, 6.45) is 3.34. The van der Waals surface area contributed by atoms with Crippen LogP contribution in [-0.2, 0) is 17.8 Å².